The Labute approximate surface area is 271 Å². The summed E-state index contributed by atoms with van der Waals surface area (Å²) in [5.74, 6) is 0.750. The number of carbonyl (C=O) groups is 2. The zero-order valence-electron chi connectivity index (χ0n) is 29.1. The van der Waals surface area contributed by atoms with E-state index >= 15 is 0 Å². The third-order valence-electron chi connectivity index (χ3n) is 6.66. The number of halogens is 7. The maximum atomic E-state index is 12.7. The first kappa shape index (κ1) is 39.6. The Bertz CT molecular complexity index is 1290. The molecule has 2 heterocycles. The number of hydrogen-bond donors (Lipinski definition) is 3. The molecule has 4 rings (SSSR count). The molecule has 270 valence electrons. The highest BCUT2D eigenvalue weighted by Crippen LogP contribution is 2.36. The zero-order valence-corrected chi connectivity index (χ0v) is 28.1. The molecule has 47 heavy (non-hydrogen) atoms. The topological polar surface area (TPSA) is 123 Å². The van der Waals surface area contributed by atoms with Crippen LogP contribution in [0, 0.1) is 19.8 Å². The Balaban J connectivity index is 0.000000375. The fourth-order valence-corrected chi connectivity index (χ4v) is 4.47. The van der Waals surface area contributed by atoms with Crippen molar-refractivity contribution in [2.75, 3.05) is 7.15 Å². The van der Waals surface area contributed by atoms with Crippen LogP contribution in [0.15, 0.2) is 12.4 Å². The Kier molecular flexibility index (Phi) is 13.9. The number of alkyl halides is 7. The number of amides is 2. The molecule has 2 aliphatic carbocycles. The average Bonchev–Trinajstić information content (AvgIpc) is 3.44. The van der Waals surface area contributed by atoms with E-state index in [4.69, 9.17) is 10.8 Å². The van der Waals surface area contributed by atoms with Crippen LogP contribution in [0.2, 0.25) is 0 Å². The van der Waals surface area contributed by atoms with E-state index in [0.717, 1.165) is 31.2 Å². The van der Waals surface area contributed by atoms with Gasteiger partial charge in [0.05, 0.1) is 37.6 Å². The van der Waals surface area contributed by atoms with Crippen molar-refractivity contribution in [1.82, 2.24) is 30.6 Å². The Hall–Kier alpha value is -3.53. The Morgan fingerprint density at radius 2 is 1.30 bits per heavy atom. The van der Waals surface area contributed by atoms with E-state index in [1.54, 1.807) is 20.8 Å². The smallest absolute Gasteiger partial charge is 0.419 e. The number of aromatic amines is 1. The molecule has 2 saturated carbocycles. The van der Waals surface area contributed by atoms with Crippen molar-refractivity contribution in [1.29, 1.82) is 0 Å². The number of H-pyrrole nitrogens is 1. The summed E-state index contributed by atoms with van der Waals surface area (Å²) in [6.45, 7) is 15.8. The van der Waals surface area contributed by atoms with Crippen LogP contribution in [0.4, 0.5) is 40.3 Å². The van der Waals surface area contributed by atoms with Crippen molar-refractivity contribution in [2.24, 2.45) is 5.92 Å². The van der Waals surface area contributed by atoms with E-state index in [-0.39, 0.29) is 35.2 Å². The van der Waals surface area contributed by atoms with Gasteiger partial charge in [-0.3, -0.25) is 14.2 Å². The molecule has 0 unspecified atom stereocenters. The van der Waals surface area contributed by atoms with Gasteiger partial charge in [0.1, 0.15) is 11.2 Å². The second kappa shape index (κ2) is 16.5. The molecule has 2 aliphatic rings. The maximum absolute atomic E-state index is 12.7. The lowest BCUT2D eigenvalue weighted by Gasteiger charge is -2.36. The normalized spacial score (nSPS) is 21.0. The molecule has 2 aromatic heterocycles. The molecule has 0 saturated heterocycles. The molecule has 0 atom stereocenters. The minimum atomic E-state index is -4.39. The number of hydrogen-bond acceptors (Lipinski definition) is 6. The molecule has 0 bridgehead atoms. The first-order chi connectivity index (χ1) is 21.8. The predicted octanol–water partition coefficient (Wildman–Crippen LogP) is 8.07. The summed E-state index contributed by atoms with van der Waals surface area (Å²) in [5, 5.41) is 14.9. The standard InChI is InChI=1S/C14H20F3N3O2.C10H19NO2.C5H5F3N2.CH3F/c1-8-11(14(15,16)17)7-20(19-8)10-5-9(6-10)18-12(21)22-13(2,3)4;1-7-5-8(6-7)11-9(12)13-10(2,3)4;1-3-4(2-9-10-3)5(6,7)8;1-2/h7,9-10H,5-6H2,1-4H3,(H,18,21);7-8H,5-6H2,1-4H3,(H,11,12);2H,1H3,(H,9,10);1H3/i;;;1D. The molecule has 2 aromatic rings. The van der Waals surface area contributed by atoms with E-state index < -0.39 is 42.3 Å². The van der Waals surface area contributed by atoms with Gasteiger partial charge in [-0.05, 0) is 87.0 Å². The van der Waals surface area contributed by atoms with E-state index in [9.17, 15) is 40.3 Å². The van der Waals surface area contributed by atoms with E-state index in [2.05, 4.69) is 32.9 Å². The van der Waals surface area contributed by atoms with Gasteiger partial charge in [-0.2, -0.15) is 36.5 Å². The van der Waals surface area contributed by atoms with Crippen LogP contribution in [0.1, 0.15) is 104 Å². The van der Waals surface area contributed by atoms with E-state index in [1.807, 2.05) is 20.8 Å². The van der Waals surface area contributed by atoms with Crippen LogP contribution in [0.5, 0.6) is 0 Å². The fourth-order valence-electron chi connectivity index (χ4n) is 4.47. The van der Waals surface area contributed by atoms with Gasteiger partial charge in [-0.15, -0.1) is 0 Å². The molecule has 17 heteroatoms. The van der Waals surface area contributed by atoms with Crippen LogP contribution in [0.3, 0.4) is 0 Å². The van der Waals surface area contributed by atoms with Gasteiger partial charge in [0.15, 0.2) is 0 Å². The summed E-state index contributed by atoms with van der Waals surface area (Å²) in [6, 6.07) is 0.110. The van der Waals surface area contributed by atoms with Gasteiger partial charge in [-0.1, -0.05) is 6.92 Å². The Morgan fingerprint density at radius 3 is 1.60 bits per heavy atom. The van der Waals surface area contributed by atoms with Crippen LogP contribution in [-0.4, -0.2) is 62.6 Å². The number of alkyl carbamates (subject to hydrolysis) is 2. The number of aryl methyl sites for hydroxylation is 2. The molecule has 0 spiro atoms. The third-order valence-corrected chi connectivity index (χ3v) is 6.66. The molecular formula is C30H47F7N6O4. The quantitative estimate of drug-likeness (QED) is 0.280. The minimum Gasteiger partial charge on any atom is -0.444 e. The Morgan fingerprint density at radius 1 is 0.872 bits per heavy atom. The maximum Gasteiger partial charge on any atom is 0.419 e. The largest absolute Gasteiger partial charge is 0.444 e. The van der Waals surface area contributed by atoms with Crippen LogP contribution < -0.4 is 10.6 Å². The number of carbonyl (C=O) groups excluding carboxylic acids is 2. The van der Waals surface area contributed by atoms with Gasteiger partial charge in [0.2, 0.25) is 0 Å². The van der Waals surface area contributed by atoms with Gasteiger partial charge >= 0.3 is 24.5 Å². The number of aromatic nitrogens is 4. The van der Waals surface area contributed by atoms with Crippen molar-refractivity contribution < 1.29 is 51.2 Å². The number of nitrogens with zero attached hydrogens (tertiary/aromatic N) is 3. The van der Waals surface area contributed by atoms with Gasteiger partial charge in [0.25, 0.3) is 0 Å². The number of rotatable bonds is 3. The summed E-state index contributed by atoms with van der Waals surface area (Å²) in [6.07, 6.45) is -4.42. The molecule has 0 aliphatic heterocycles. The summed E-state index contributed by atoms with van der Waals surface area (Å²) in [4.78, 5) is 22.8. The zero-order chi connectivity index (χ0) is 37.3. The summed E-state index contributed by atoms with van der Waals surface area (Å²) < 4.78 is 101. The third kappa shape index (κ3) is 14.8. The van der Waals surface area contributed by atoms with E-state index in [0.29, 0.717) is 18.9 Å². The van der Waals surface area contributed by atoms with Crippen molar-refractivity contribution in [3.8, 4) is 0 Å². The van der Waals surface area contributed by atoms with Crippen molar-refractivity contribution in [2.45, 2.75) is 130 Å². The van der Waals surface area contributed by atoms with Crippen molar-refractivity contribution >= 4 is 12.2 Å². The van der Waals surface area contributed by atoms with Crippen molar-refractivity contribution in [3.63, 3.8) is 0 Å². The lowest BCUT2D eigenvalue weighted by Crippen LogP contribution is -2.46. The second-order valence-corrected chi connectivity index (χ2v) is 13.4. The summed E-state index contributed by atoms with van der Waals surface area (Å²) >= 11 is 0. The first-order valence-corrected chi connectivity index (χ1v) is 14.8. The molecular weight excluding hydrogens is 641 g/mol. The van der Waals surface area contributed by atoms with Crippen LogP contribution in [-0.2, 0) is 21.8 Å². The highest BCUT2D eigenvalue weighted by molar-refractivity contribution is 5.68. The lowest BCUT2D eigenvalue weighted by atomic mass is 9.82. The number of ether oxygens (including phenoxy) is 2. The number of nitrogens with one attached hydrogen (secondary N) is 3. The fraction of sp³-hybridized carbons (Fsp3) is 0.733. The molecule has 0 radical (unpaired) electrons. The molecule has 2 amide bonds. The first-order valence-electron chi connectivity index (χ1n) is 15.5. The van der Waals surface area contributed by atoms with Crippen LogP contribution in [0.25, 0.3) is 0 Å². The SMILES string of the molecule is CC1CC(NC(=O)OC(C)(C)C)C1.Cc1[nH]ncc1C(F)(F)F.Cc1nn(C2CC(NC(=O)OC(C)(C)C)C2)cc1C(F)(F)F.[2H]CF. The summed E-state index contributed by atoms with van der Waals surface area (Å²) in [5.41, 5.74) is -2.36. The van der Waals surface area contributed by atoms with E-state index in [1.165, 1.54) is 18.5 Å². The lowest BCUT2D eigenvalue weighted by molar-refractivity contribution is -0.138. The average molecular weight is 690 g/mol. The monoisotopic (exact) mass is 689 g/mol. The molecule has 0 aromatic carbocycles. The molecule has 2 fully saturated rings. The second-order valence-electron chi connectivity index (χ2n) is 13.4. The molecule has 10 nitrogen and oxygen atoms in total. The van der Waals surface area contributed by atoms with Gasteiger partial charge < -0.3 is 20.1 Å². The van der Waals surface area contributed by atoms with Gasteiger partial charge in [0, 0.05) is 24.0 Å². The minimum absolute atomic E-state index is 0.0314. The van der Waals surface area contributed by atoms with Crippen molar-refractivity contribution in [3.05, 3.63) is 34.9 Å². The molecule has 3 N–H and O–H groups in total. The summed E-state index contributed by atoms with van der Waals surface area (Å²) in [7, 11) is -1.00. The highest BCUT2D eigenvalue weighted by Gasteiger charge is 2.38. The highest BCUT2D eigenvalue weighted by atomic mass is 19.4. The van der Waals surface area contributed by atoms with Gasteiger partial charge in [-0.25, -0.2) is 9.59 Å². The van der Waals surface area contributed by atoms with Crippen LogP contribution >= 0.6 is 0 Å². The predicted molar refractivity (Wildman–Crippen MR) is 160 cm³/mol.